The highest BCUT2D eigenvalue weighted by molar-refractivity contribution is 5.49. The van der Waals surface area contributed by atoms with E-state index in [2.05, 4.69) is 0 Å². The van der Waals surface area contributed by atoms with Crippen LogP contribution in [0, 0.1) is 0 Å². The molecule has 0 bridgehead atoms. The maximum Gasteiger partial charge on any atom is 0.231 e. The zero-order valence-electron chi connectivity index (χ0n) is 8.64. The van der Waals surface area contributed by atoms with Crippen LogP contribution in [-0.2, 0) is 0 Å². The highest BCUT2D eigenvalue weighted by atomic mass is 16.7. The van der Waals surface area contributed by atoms with E-state index in [4.69, 9.17) is 20.3 Å². The van der Waals surface area contributed by atoms with E-state index in [0.717, 1.165) is 17.1 Å². The molecule has 1 aliphatic rings. The Morgan fingerprint density at radius 2 is 2.27 bits per heavy atom. The number of para-hydroxylation sites is 1. The molecule has 0 radical (unpaired) electrons. The summed E-state index contributed by atoms with van der Waals surface area (Å²) in [5, 5.41) is 9.02. The third-order valence-corrected chi connectivity index (χ3v) is 2.77. The third-order valence-electron chi connectivity index (χ3n) is 2.77. The summed E-state index contributed by atoms with van der Waals surface area (Å²) in [5.74, 6) is 1.56. The summed E-state index contributed by atoms with van der Waals surface area (Å²) in [5.41, 5.74) is 6.79. The first kappa shape index (κ1) is 10.3. The number of fused-ring (bicyclic) bond motifs is 1. The third kappa shape index (κ3) is 1.78. The van der Waals surface area contributed by atoms with Crippen LogP contribution in [0.15, 0.2) is 18.2 Å². The second-order valence-corrected chi connectivity index (χ2v) is 3.72. The molecule has 82 valence electrons. The lowest BCUT2D eigenvalue weighted by Gasteiger charge is -2.19. The Morgan fingerprint density at radius 1 is 1.47 bits per heavy atom. The van der Waals surface area contributed by atoms with Gasteiger partial charge in [0.05, 0.1) is 6.61 Å². The summed E-state index contributed by atoms with van der Waals surface area (Å²) >= 11 is 0. The minimum atomic E-state index is -0.277. The predicted octanol–water partition coefficient (Wildman–Crippen LogP) is 0.838. The van der Waals surface area contributed by atoms with Crippen LogP contribution >= 0.6 is 0 Å². The summed E-state index contributed by atoms with van der Waals surface area (Å²) in [6, 6.07) is 5.45. The van der Waals surface area contributed by atoms with E-state index in [1.807, 2.05) is 25.1 Å². The molecule has 0 saturated carbocycles. The number of aliphatic hydroxyl groups excluding tert-OH is 1. The Morgan fingerprint density at radius 3 is 3.00 bits per heavy atom. The standard InChI is InChI=1S/C11H15NO3/c1-7(9(12)5-13)8-3-2-4-10-11(8)15-6-14-10/h2-4,7,9,13H,5-6,12H2,1H3. The van der Waals surface area contributed by atoms with Crippen molar-refractivity contribution in [3.63, 3.8) is 0 Å². The molecule has 4 heteroatoms. The summed E-state index contributed by atoms with van der Waals surface area (Å²) in [4.78, 5) is 0. The first-order chi connectivity index (χ1) is 7.24. The molecule has 0 amide bonds. The molecular weight excluding hydrogens is 194 g/mol. The minimum Gasteiger partial charge on any atom is -0.454 e. The van der Waals surface area contributed by atoms with Crippen molar-refractivity contribution in [2.45, 2.75) is 18.9 Å². The maximum atomic E-state index is 9.02. The van der Waals surface area contributed by atoms with Crippen LogP contribution in [0.5, 0.6) is 11.5 Å². The second-order valence-electron chi connectivity index (χ2n) is 3.72. The van der Waals surface area contributed by atoms with Gasteiger partial charge in [-0.15, -0.1) is 0 Å². The van der Waals surface area contributed by atoms with Gasteiger partial charge in [0.1, 0.15) is 0 Å². The van der Waals surface area contributed by atoms with Gasteiger partial charge in [-0.05, 0) is 6.07 Å². The topological polar surface area (TPSA) is 64.7 Å². The number of hydrogen-bond acceptors (Lipinski definition) is 4. The van der Waals surface area contributed by atoms with Crippen LogP contribution in [0.1, 0.15) is 18.4 Å². The smallest absolute Gasteiger partial charge is 0.231 e. The van der Waals surface area contributed by atoms with Crippen LogP contribution in [0.2, 0.25) is 0 Å². The number of ether oxygens (including phenoxy) is 2. The molecule has 2 rings (SSSR count). The molecule has 1 aromatic rings. The normalized spacial score (nSPS) is 17.5. The van der Waals surface area contributed by atoms with Gasteiger partial charge in [0.2, 0.25) is 6.79 Å². The molecule has 4 nitrogen and oxygen atoms in total. The van der Waals surface area contributed by atoms with E-state index in [1.54, 1.807) is 0 Å². The van der Waals surface area contributed by atoms with Crippen molar-refractivity contribution in [1.82, 2.24) is 0 Å². The first-order valence-corrected chi connectivity index (χ1v) is 4.99. The molecule has 3 N–H and O–H groups in total. The molecule has 0 aromatic heterocycles. The number of rotatable bonds is 3. The minimum absolute atomic E-state index is 0.0360. The molecule has 0 saturated heterocycles. The van der Waals surface area contributed by atoms with Crippen LogP contribution in [0.25, 0.3) is 0 Å². The van der Waals surface area contributed by atoms with Gasteiger partial charge >= 0.3 is 0 Å². The average molecular weight is 209 g/mol. The van der Waals surface area contributed by atoms with E-state index in [9.17, 15) is 0 Å². The van der Waals surface area contributed by atoms with Crippen LogP contribution in [0.3, 0.4) is 0 Å². The molecule has 1 heterocycles. The Bertz CT molecular complexity index is 354. The van der Waals surface area contributed by atoms with E-state index >= 15 is 0 Å². The summed E-state index contributed by atoms with van der Waals surface area (Å²) < 4.78 is 10.7. The lowest BCUT2D eigenvalue weighted by molar-refractivity contribution is 0.172. The van der Waals surface area contributed by atoms with Crippen LogP contribution in [0.4, 0.5) is 0 Å². The number of benzene rings is 1. The van der Waals surface area contributed by atoms with Crippen molar-refractivity contribution < 1.29 is 14.6 Å². The van der Waals surface area contributed by atoms with Crippen LogP contribution in [-0.4, -0.2) is 24.5 Å². The highest BCUT2D eigenvalue weighted by Gasteiger charge is 2.23. The quantitative estimate of drug-likeness (QED) is 0.774. The molecule has 1 aromatic carbocycles. The molecular formula is C11H15NO3. The summed E-state index contributed by atoms with van der Waals surface area (Å²) in [6.07, 6.45) is 0. The molecule has 15 heavy (non-hydrogen) atoms. The molecule has 0 spiro atoms. The zero-order chi connectivity index (χ0) is 10.8. The lowest BCUT2D eigenvalue weighted by Crippen LogP contribution is -2.30. The van der Waals surface area contributed by atoms with Gasteiger partial charge in [0.25, 0.3) is 0 Å². The largest absolute Gasteiger partial charge is 0.454 e. The van der Waals surface area contributed by atoms with E-state index in [-0.39, 0.29) is 25.4 Å². The summed E-state index contributed by atoms with van der Waals surface area (Å²) in [6.45, 7) is 2.19. The SMILES string of the molecule is CC(c1cccc2c1OCO2)C(N)CO. The van der Waals surface area contributed by atoms with Gasteiger partial charge in [0, 0.05) is 17.5 Å². The van der Waals surface area contributed by atoms with E-state index < -0.39 is 0 Å². The van der Waals surface area contributed by atoms with Crippen LogP contribution < -0.4 is 15.2 Å². The predicted molar refractivity (Wildman–Crippen MR) is 56.0 cm³/mol. The van der Waals surface area contributed by atoms with Gasteiger partial charge in [-0.2, -0.15) is 0 Å². The van der Waals surface area contributed by atoms with Crippen molar-refractivity contribution in [2.24, 2.45) is 5.73 Å². The van der Waals surface area contributed by atoms with Gasteiger partial charge in [0.15, 0.2) is 11.5 Å². The lowest BCUT2D eigenvalue weighted by atomic mass is 9.93. The van der Waals surface area contributed by atoms with Crippen molar-refractivity contribution in [3.05, 3.63) is 23.8 Å². The van der Waals surface area contributed by atoms with Crippen molar-refractivity contribution in [1.29, 1.82) is 0 Å². The zero-order valence-corrected chi connectivity index (χ0v) is 8.64. The molecule has 2 unspecified atom stereocenters. The van der Waals surface area contributed by atoms with Crippen molar-refractivity contribution >= 4 is 0 Å². The molecule has 1 aliphatic heterocycles. The second kappa shape index (κ2) is 4.08. The first-order valence-electron chi connectivity index (χ1n) is 4.99. The van der Waals surface area contributed by atoms with Gasteiger partial charge in [-0.3, -0.25) is 0 Å². The number of nitrogens with two attached hydrogens (primary N) is 1. The Hall–Kier alpha value is -1.26. The van der Waals surface area contributed by atoms with Crippen molar-refractivity contribution in [3.8, 4) is 11.5 Å². The van der Waals surface area contributed by atoms with Gasteiger partial charge in [-0.25, -0.2) is 0 Å². The number of hydrogen-bond donors (Lipinski definition) is 2. The Kier molecular flexibility index (Phi) is 2.79. The monoisotopic (exact) mass is 209 g/mol. The molecule has 0 aliphatic carbocycles. The van der Waals surface area contributed by atoms with Crippen molar-refractivity contribution in [2.75, 3.05) is 13.4 Å². The fourth-order valence-corrected chi connectivity index (χ4v) is 1.70. The van der Waals surface area contributed by atoms with Gasteiger partial charge < -0.3 is 20.3 Å². The van der Waals surface area contributed by atoms with Gasteiger partial charge in [-0.1, -0.05) is 19.1 Å². The fraction of sp³-hybridized carbons (Fsp3) is 0.455. The molecule has 0 fully saturated rings. The number of aliphatic hydroxyl groups is 1. The maximum absolute atomic E-state index is 9.02. The average Bonchev–Trinajstić information content (AvgIpc) is 2.74. The Balaban J connectivity index is 2.32. The highest BCUT2D eigenvalue weighted by Crippen LogP contribution is 2.39. The fourth-order valence-electron chi connectivity index (χ4n) is 1.70. The van der Waals surface area contributed by atoms with E-state index in [0.29, 0.717) is 0 Å². The molecule has 2 atom stereocenters. The van der Waals surface area contributed by atoms with E-state index in [1.165, 1.54) is 0 Å². The summed E-state index contributed by atoms with van der Waals surface area (Å²) in [7, 11) is 0. The Labute approximate surface area is 88.6 Å².